The predicted molar refractivity (Wildman–Crippen MR) is 65.9 cm³/mol. The van der Waals surface area contributed by atoms with Gasteiger partial charge in [0.25, 0.3) is 0 Å². The monoisotopic (exact) mass is 244 g/mol. The van der Waals surface area contributed by atoms with Crippen LogP contribution in [-0.2, 0) is 4.74 Å². The molecule has 2 N–H and O–H groups in total. The molecule has 0 radical (unpaired) electrons. The number of ether oxygens (including phenoxy) is 1. The fraction of sp³-hybridized carbons (Fsp3) is 0.917. The van der Waals surface area contributed by atoms with Crippen LogP contribution in [0.4, 0.5) is 4.79 Å². The van der Waals surface area contributed by atoms with Crippen molar-refractivity contribution in [2.24, 2.45) is 0 Å². The highest BCUT2D eigenvalue weighted by molar-refractivity contribution is 5.69. The molecule has 1 atom stereocenters. The van der Waals surface area contributed by atoms with Crippen LogP contribution in [0.3, 0.4) is 0 Å². The van der Waals surface area contributed by atoms with Crippen LogP contribution in [0, 0.1) is 0 Å². The van der Waals surface area contributed by atoms with Crippen molar-refractivity contribution < 1.29 is 14.6 Å². The molecule has 1 heterocycles. The van der Waals surface area contributed by atoms with E-state index in [1.165, 1.54) is 0 Å². The number of nitrogens with one attached hydrogen (secondary N) is 1. The number of hydrogen-bond donors (Lipinski definition) is 2. The maximum Gasteiger partial charge on any atom is 0.410 e. The van der Waals surface area contributed by atoms with Crippen molar-refractivity contribution in [3.8, 4) is 0 Å². The topological polar surface area (TPSA) is 61.8 Å². The minimum Gasteiger partial charge on any atom is -0.444 e. The summed E-state index contributed by atoms with van der Waals surface area (Å²) in [6.07, 6.45) is 0.631. The lowest BCUT2D eigenvalue weighted by atomic mass is 10.1. The zero-order valence-corrected chi connectivity index (χ0v) is 11.2. The number of carbonyl (C=O) groups excluding carboxylic acids is 1. The van der Waals surface area contributed by atoms with Gasteiger partial charge in [0.2, 0.25) is 0 Å². The maximum absolute atomic E-state index is 11.6. The van der Waals surface area contributed by atoms with Crippen LogP contribution in [0.5, 0.6) is 0 Å². The summed E-state index contributed by atoms with van der Waals surface area (Å²) >= 11 is 0. The Balaban J connectivity index is 2.25. The standard InChI is InChI=1S/C12H24N2O3/c1-5-9(8-15)13-10-6-14(7-10)11(16)17-12(2,3)4/h9-10,13,15H,5-8H2,1-4H3. The molecule has 0 aromatic carbocycles. The summed E-state index contributed by atoms with van der Waals surface area (Å²) in [6, 6.07) is 0.403. The quantitative estimate of drug-likeness (QED) is 0.773. The first kappa shape index (κ1) is 14.3. The minimum atomic E-state index is -0.438. The molecular formula is C12H24N2O3. The first-order valence-corrected chi connectivity index (χ1v) is 6.20. The molecule has 0 spiro atoms. The van der Waals surface area contributed by atoms with E-state index in [9.17, 15) is 4.79 Å². The number of nitrogens with zero attached hydrogens (tertiary/aromatic N) is 1. The van der Waals surface area contributed by atoms with Crippen molar-refractivity contribution in [3.05, 3.63) is 0 Å². The molecule has 1 rings (SSSR count). The van der Waals surface area contributed by atoms with Crippen LogP contribution in [-0.4, -0.2) is 53.5 Å². The lowest BCUT2D eigenvalue weighted by Crippen LogP contribution is -2.62. The number of aliphatic hydroxyl groups is 1. The highest BCUT2D eigenvalue weighted by Crippen LogP contribution is 2.15. The molecule has 17 heavy (non-hydrogen) atoms. The normalized spacial score (nSPS) is 18.8. The molecule has 0 aromatic heterocycles. The largest absolute Gasteiger partial charge is 0.444 e. The number of carbonyl (C=O) groups is 1. The Morgan fingerprint density at radius 2 is 2.12 bits per heavy atom. The highest BCUT2D eigenvalue weighted by Gasteiger charge is 2.34. The number of likely N-dealkylation sites (tertiary alicyclic amines) is 1. The molecule has 1 unspecified atom stereocenters. The van der Waals surface area contributed by atoms with Crippen LogP contribution in [0.2, 0.25) is 0 Å². The van der Waals surface area contributed by atoms with Gasteiger partial charge in [-0.15, -0.1) is 0 Å². The Morgan fingerprint density at radius 1 is 1.53 bits per heavy atom. The first-order valence-electron chi connectivity index (χ1n) is 6.20. The van der Waals surface area contributed by atoms with Gasteiger partial charge in [-0.1, -0.05) is 6.92 Å². The van der Waals surface area contributed by atoms with Crippen molar-refractivity contribution >= 4 is 6.09 Å². The Morgan fingerprint density at radius 3 is 2.53 bits per heavy atom. The van der Waals surface area contributed by atoms with E-state index in [0.717, 1.165) is 6.42 Å². The van der Waals surface area contributed by atoms with Gasteiger partial charge >= 0.3 is 6.09 Å². The molecule has 1 fully saturated rings. The van der Waals surface area contributed by atoms with Crippen LogP contribution in [0.25, 0.3) is 0 Å². The summed E-state index contributed by atoms with van der Waals surface area (Å²) in [7, 11) is 0. The van der Waals surface area contributed by atoms with E-state index in [2.05, 4.69) is 5.32 Å². The SMILES string of the molecule is CCC(CO)NC1CN(C(=O)OC(C)(C)C)C1. The third-order valence-electron chi connectivity index (χ3n) is 2.72. The minimum absolute atomic E-state index is 0.126. The van der Waals surface area contributed by atoms with Gasteiger partial charge in [-0.05, 0) is 27.2 Å². The highest BCUT2D eigenvalue weighted by atomic mass is 16.6. The number of hydrogen-bond acceptors (Lipinski definition) is 4. The van der Waals surface area contributed by atoms with E-state index in [0.29, 0.717) is 13.1 Å². The van der Waals surface area contributed by atoms with E-state index in [-0.39, 0.29) is 24.8 Å². The zero-order valence-electron chi connectivity index (χ0n) is 11.2. The van der Waals surface area contributed by atoms with Crippen LogP contribution in [0.1, 0.15) is 34.1 Å². The summed E-state index contributed by atoms with van der Waals surface area (Å²) in [4.78, 5) is 13.3. The van der Waals surface area contributed by atoms with E-state index >= 15 is 0 Å². The van der Waals surface area contributed by atoms with Crippen LogP contribution < -0.4 is 5.32 Å². The molecule has 1 aliphatic rings. The van der Waals surface area contributed by atoms with E-state index in [4.69, 9.17) is 9.84 Å². The smallest absolute Gasteiger partial charge is 0.410 e. The summed E-state index contributed by atoms with van der Waals surface area (Å²) in [5, 5.41) is 12.4. The van der Waals surface area contributed by atoms with Gasteiger partial charge in [-0.3, -0.25) is 0 Å². The fourth-order valence-electron chi connectivity index (χ4n) is 1.69. The average Bonchev–Trinajstić information content (AvgIpc) is 2.13. The molecule has 1 aliphatic heterocycles. The third-order valence-corrected chi connectivity index (χ3v) is 2.72. The van der Waals surface area contributed by atoms with Crippen LogP contribution >= 0.6 is 0 Å². The second kappa shape index (κ2) is 5.69. The lowest BCUT2D eigenvalue weighted by molar-refractivity contribution is 0.00333. The van der Waals surface area contributed by atoms with Crippen molar-refractivity contribution in [1.29, 1.82) is 0 Å². The Kier molecular flexibility index (Phi) is 4.77. The number of aliphatic hydroxyl groups excluding tert-OH is 1. The second-order valence-electron chi connectivity index (χ2n) is 5.54. The number of amides is 1. The van der Waals surface area contributed by atoms with Gasteiger partial charge in [0.1, 0.15) is 5.60 Å². The fourth-order valence-corrected chi connectivity index (χ4v) is 1.69. The molecule has 5 nitrogen and oxygen atoms in total. The molecule has 0 aromatic rings. The molecule has 0 saturated carbocycles. The third kappa shape index (κ3) is 4.52. The van der Waals surface area contributed by atoms with Crippen molar-refractivity contribution in [3.63, 3.8) is 0 Å². The average molecular weight is 244 g/mol. The van der Waals surface area contributed by atoms with Gasteiger partial charge in [-0.2, -0.15) is 0 Å². The molecular weight excluding hydrogens is 220 g/mol. The van der Waals surface area contributed by atoms with E-state index in [1.807, 2.05) is 27.7 Å². The number of rotatable bonds is 4. The van der Waals surface area contributed by atoms with Gasteiger partial charge in [0, 0.05) is 25.2 Å². The second-order valence-corrected chi connectivity index (χ2v) is 5.54. The maximum atomic E-state index is 11.6. The molecule has 1 amide bonds. The Hall–Kier alpha value is -0.810. The summed E-state index contributed by atoms with van der Waals surface area (Å²) in [5.41, 5.74) is -0.438. The van der Waals surface area contributed by atoms with E-state index < -0.39 is 5.60 Å². The molecule has 1 saturated heterocycles. The molecule has 0 aliphatic carbocycles. The van der Waals surface area contributed by atoms with E-state index in [1.54, 1.807) is 4.90 Å². The Bertz CT molecular complexity index is 253. The van der Waals surface area contributed by atoms with Gasteiger partial charge < -0.3 is 20.1 Å². The van der Waals surface area contributed by atoms with Gasteiger partial charge in [0.15, 0.2) is 0 Å². The van der Waals surface area contributed by atoms with Crippen molar-refractivity contribution in [2.45, 2.75) is 51.8 Å². The van der Waals surface area contributed by atoms with Gasteiger partial charge in [0.05, 0.1) is 6.61 Å². The zero-order chi connectivity index (χ0) is 13.1. The lowest BCUT2D eigenvalue weighted by Gasteiger charge is -2.41. The van der Waals surface area contributed by atoms with Gasteiger partial charge in [-0.25, -0.2) is 4.79 Å². The van der Waals surface area contributed by atoms with Crippen molar-refractivity contribution in [2.75, 3.05) is 19.7 Å². The molecule has 100 valence electrons. The predicted octanol–water partition coefficient (Wildman–Crippen LogP) is 0.966. The molecule has 5 heteroatoms. The summed E-state index contributed by atoms with van der Waals surface area (Å²) in [5.74, 6) is 0. The van der Waals surface area contributed by atoms with Crippen LogP contribution in [0.15, 0.2) is 0 Å². The Labute approximate surface area is 103 Å². The summed E-state index contributed by atoms with van der Waals surface area (Å²) < 4.78 is 5.26. The first-order chi connectivity index (χ1) is 7.85. The van der Waals surface area contributed by atoms with Crippen molar-refractivity contribution in [1.82, 2.24) is 10.2 Å². The summed E-state index contributed by atoms with van der Waals surface area (Å²) in [6.45, 7) is 9.06. The molecule has 0 bridgehead atoms.